The molecular weight excluding hydrogens is 354 g/mol. The van der Waals surface area contributed by atoms with Crippen LogP contribution in [0, 0.1) is 0 Å². The fraction of sp³-hybridized carbons (Fsp3) is 0.222. The van der Waals surface area contributed by atoms with Gasteiger partial charge >= 0.3 is 0 Å². The van der Waals surface area contributed by atoms with Crippen LogP contribution >= 0.6 is 12.2 Å². The predicted octanol–water partition coefficient (Wildman–Crippen LogP) is 2.03. The molecule has 1 heterocycles. The van der Waals surface area contributed by atoms with Gasteiger partial charge in [-0.2, -0.15) is 0 Å². The summed E-state index contributed by atoms with van der Waals surface area (Å²) in [6.45, 7) is 1.06. The predicted molar refractivity (Wildman–Crippen MR) is 102 cm³/mol. The van der Waals surface area contributed by atoms with Crippen LogP contribution in [-0.4, -0.2) is 31.3 Å². The van der Waals surface area contributed by atoms with Crippen LogP contribution in [0.5, 0.6) is 17.2 Å². The zero-order valence-electron chi connectivity index (χ0n) is 14.2. The van der Waals surface area contributed by atoms with Gasteiger partial charge < -0.3 is 19.5 Å². The Morgan fingerprint density at radius 1 is 1.08 bits per heavy atom. The Bertz CT molecular complexity index is 796. The molecular formula is C18H19N3O4S. The van der Waals surface area contributed by atoms with Crippen LogP contribution in [0.25, 0.3) is 0 Å². The fourth-order valence-corrected chi connectivity index (χ4v) is 2.55. The molecule has 0 aromatic heterocycles. The van der Waals surface area contributed by atoms with Crippen LogP contribution in [0.2, 0.25) is 0 Å². The molecule has 3 rings (SSSR count). The first kappa shape index (κ1) is 17.8. The van der Waals surface area contributed by atoms with E-state index < -0.39 is 0 Å². The highest BCUT2D eigenvalue weighted by atomic mass is 32.1. The molecule has 1 amide bonds. The van der Waals surface area contributed by atoms with Gasteiger partial charge in [0.05, 0.1) is 13.5 Å². The zero-order chi connectivity index (χ0) is 18.4. The molecule has 0 aliphatic carbocycles. The largest absolute Gasteiger partial charge is 0.497 e. The summed E-state index contributed by atoms with van der Waals surface area (Å²) in [5, 5.41) is 3.25. The molecule has 0 unspecified atom stereocenters. The van der Waals surface area contributed by atoms with E-state index in [2.05, 4.69) is 16.2 Å². The third-order valence-electron chi connectivity index (χ3n) is 3.64. The Morgan fingerprint density at radius 3 is 2.54 bits per heavy atom. The highest BCUT2D eigenvalue weighted by molar-refractivity contribution is 7.80. The summed E-state index contributed by atoms with van der Waals surface area (Å²) in [6, 6.07) is 12.7. The molecule has 136 valence electrons. The minimum absolute atomic E-state index is 0.207. The van der Waals surface area contributed by atoms with E-state index in [1.807, 2.05) is 36.4 Å². The molecule has 7 nitrogen and oxygen atoms in total. The number of hydrogen-bond acceptors (Lipinski definition) is 5. The van der Waals surface area contributed by atoms with Gasteiger partial charge in [-0.1, -0.05) is 12.1 Å². The number of thiocarbonyl (C=S) groups is 1. The molecule has 26 heavy (non-hydrogen) atoms. The zero-order valence-corrected chi connectivity index (χ0v) is 15.0. The molecule has 2 aromatic rings. The van der Waals surface area contributed by atoms with Crippen LogP contribution in [0.15, 0.2) is 42.5 Å². The topological polar surface area (TPSA) is 80.9 Å². The molecule has 0 spiro atoms. The standard InChI is InChI=1S/C18H19N3O4S/c1-23-14-5-2-12(3-6-14)10-17(22)20-21-18(26)19-13-4-7-15-16(11-13)25-9-8-24-15/h2-7,11H,8-10H2,1H3,(H,20,22)(H2,19,21,26). The molecule has 0 saturated carbocycles. The lowest BCUT2D eigenvalue weighted by molar-refractivity contribution is -0.120. The molecule has 2 aromatic carbocycles. The second-order valence-electron chi connectivity index (χ2n) is 5.51. The van der Waals surface area contributed by atoms with Gasteiger partial charge in [-0.05, 0) is 42.0 Å². The molecule has 8 heteroatoms. The number of methoxy groups -OCH3 is 1. The number of carbonyl (C=O) groups excluding carboxylic acids is 1. The van der Waals surface area contributed by atoms with Crippen molar-refractivity contribution < 1.29 is 19.0 Å². The number of hydrazine groups is 1. The van der Waals surface area contributed by atoms with Gasteiger partial charge in [-0.3, -0.25) is 15.6 Å². The Labute approximate surface area is 156 Å². The van der Waals surface area contributed by atoms with E-state index in [1.165, 1.54) is 0 Å². The Hall–Kier alpha value is -3.00. The van der Waals surface area contributed by atoms with Crippen LogP contribution in [0.1, 0.15) is 5.56 Å². The number of ether oxygens (including phenoxy) is 3. The van der Waals surface area contributed by atoms with Crippen LogP contribution in [-0.2, 0) is 11.2 Å². The number of carbonyl (C=O) groups is 1. The quantitative estimate of drug-likeness (QED) is 0.559. The van der Waals surface area contributed by atoms with Gasteiger partial charge in [0.1, 0.15) is 19.0 Å². The number of nitrogens with one attached hydrogen (secondary N) is 3. The smallest absolute Gasteiger partial charge is 0.242 e. The van der Waals surface area contributed by atoms with E-state index >= 15 is 0 Å². The average molecular weight is 373 g/mol. The minimum atomic E-state index is -0.207. The summed E-state index contributed by atoms with van der Waals surface area (Å²) in [5.41, 5.74) is 6.84. The second-order valence-corrected chi connectivity index (χ2v) is 5.92. The molecule has 0 radical (unpaired) electrons. The lowest BCUT2D eigenvalue weighted by Gasteiger charge is -2.19. The van der Waals surface area contributed by atoms with Gasteiger partial charge in [-0.25, -0.2) is 0 Å². The summed E-state index contributed by atoms with van der Waals surface area (Å²) >= 11 is 5.18. The lowest BCUT2D eigenvalue weighted by Crippen LogP contribution is -2.44. The summed E-state index contributed by atoms with van der Waals surface area (Å²) in [7, 11) is 1.60. The van der Waals surface area contributed by atoms with E-state index in [4.69, 9.17) is 26.4 Å². The normalized spacial score (nSPS) is 12.0. The highest BCUT2D eigenvalue weighted by Crippen LogP contribution is 2.32. The van der Waals surface area contributed by atoms with E-state index in [-0.39, 0.29) is 17.4 Å². The van der Waals surface area contributed by atoms with Gasteiger partial charge in [0.25, 0.3) is 0 Å². The molecule has 0 fully saturated rings. The molecule has 0 saturated heterocycles. The Balaban J connectivity index is 1.46. The van der Waals surface area contributed by atoms with Crippen molar-refractivity contribution in [3.05, 3.63) is 48.0 Å². The van der Waals surface area contributed by atoms with E-state index in [9.17, 15) is 4.79 Å². The number of anilines is 1. The minimum Gasteiger partial charge on any atom is -0.497 e. The van der Waals surface area contributed by atoms with Crippen molar-refractivity contribution in [3.63, 3.8) is 0 Å². The van der Waals surface area contributed by atoms with E-state index in [1.54, 1.807) is 13.2 Å². The van der Waals surface area contributed by atoms with Gasteiger partial charge in [0.2, 0.25) is 5.91 Å². The maximum Gasteiger partial charge on any atom is 0.242 e. The van der Waals surface area contributed by atoms with Crippen molar-refractivity contribution in [3.8, 4) is 17.2 Å². The van der Waals surface area contributed by atoms with Crippen molar-refractivity contribution in [1.29, 1.82) is 0 Å². The van der Waals surface area contributed by atoms with Crippen molar-refractivity contribution in [2.45, 2.75) is 6.42 Å². The summed E-state index contributed by atoms with van der Waals surface area (Å²) in [6.07, 6.45) is 0.226. The molecule has 0 bridgehead atoms. The average Bonchev–Trinajstić information content (AvgIpc) is 2.67. The first-order chi connectivity index (χ1) is 12.6. The van der Waals surface area contributed by atoms with E-state index in [0.717, 1.165) is 17.0 Å². The van der Waals surface area contributed by atoms with Crippen molar-refractivity contribution in [1.82, 2.24) is 10.9 Å². The Morgan fingerprint density at radius 2 is 1.81 bits per heavy atom. The van der Waals surface area contributed by atoms with Crippen LogP contribution < -0.4 is 30.4 Å². The maximum atomic E-state index is 12.0. The summed E-state index contributed by atoms with van der Waals surface area (Å²) < 4.78 is 16.1. The third kappa shape index (κ3) is 4.76. The van der Waals surface area contributed by atoms with Crippen molar-refractivity contribution in [2.24, 2.45) is 0 Å². The summed E-state index contributed by atoms with van der Waals surface area (Å²) in [5.74, 6) is 1.90. The molecule has 3 N–H and O–H groups in total. The van der Waals surface area contributed by atoms with Gasteiger partial charge in [-0.15, -0.1) is 0 Å². The number of amides is 1. The number of benzene rings is 2. The van der Waals surface area contributed by atoms with Crippen LogP contribution in [0.3, 0.4) is 0 Å². The van der Waals surface area contributed by atoms with Crippen LogP contribution in [0.4, 0.5) is 5.69 Å². The highest BCUT2D eigenvalue weighted by Gasteiger charge is 2.12. The number of rotatable bonds is 4. The number of fused-ring (bicyclic) bond motifs is 1. The SMILES string of the molecule is COc1ccc(CC(=O)NNC(=S)Nc2ccc3c(c2)OCCO3)cc1. The molecule has 0 atom stereocenters. The van der Waals surface area contributed by atoms with Gasteiger partial charge in [0, 0.05) is 11.8 Å². The Kier molecular flexibility index (Phi) is 5.75. The second kappa shape index (κ2) is 8.39. The van der Waals surface area contributed by atoms with Crippen molar-refractivity contribution >= 4 is 28.9 Å². The van der Waals surface area contributed by atoms with Crippen molar-refractivity contribution in [2.75, 3.05) is 25.6 Å². The summed E-state index contributed by atoms with van der Waals surface area (Å²) in [4.78, 5) is 12.0. The monoisotopic (exact) mass is 373 g/mol. The van der Waals surface area contributed by atoms with E-state index in [0.29, 0.717) is 24.7 Å². The number of hydrogen-bond donors (Lipinski definition) is 3. The first-order valence-electron chi connectivity index (χ1n) is 8.02. The molecule has 1 aliphatic rings. The lowest BCUT2D eigenvalue weighted by atomic mass is 10.1. The maximum absolute atomic E-state index is 12.0. The first-order valence-corrected chi connectivity index (χ1v) is 8.43. The fourth-order valence-electron chi connectivity index (χ4n) is 2.38. The van der Waals surface area contributed by atoms with Gasteiger partial charge in [0.15, 0.2) is 16.6 Å². The molecule has 1 aliphatic heterocycles. The third-order valence-corrected chi connectivity index (χ3v) is 3.84.